The molecule has 1 aromatic rings. The Balaban J connectivity index is 3.09. The SMILES string of the molecule is Cc1sc(Br)cc1C(=O)C(C)(F)F. The van der Waals surface area contributed by atoms with Crippen molar-refractivity contribution in [1.29, 1.82) is 0 Å². The topological polar surface area (TPSA) is 17.1 Å². The maximum absolute atomic E-state index is 12.6. The van der Waals surface area contributed by atoms with Gasteiger partial charge in [-0.2, -0.15) is 8.78 Å². The number of carbonyl (C=O) groups is 1. The van der Waals surface area contributed by atoms with Crippen molar-refractivity contribution in [3.63, 3.8) is 0 Å². The molecule has 0 saturated heterocycles. The Morgan fingerprint density at radius 2 is 2.15 bits per heavy atom. The summed E-state index contributed by atoms with van der Waals surface area (Å²) in [6.45, 7) is 2.26. The molecular weight excluding hydrogens is 262 g/mol. The Morgan fingerprint density at radius 1 is 1.62 bits per heavy atom. The molecule has 1 heterocycles. The zero-order chi connectivity index (χ0) is 10.2. The predicted molar refractivity (Wildman–Crippen MR) is 51.7 cm³/mol. The molecule has 72 valence electrons. The summed E-state index contributed by atoms with van der Waals surface area (Å²) in [5.41, 5.74) is 0.101. The lowest BCUT2D eigenvalue weighted by molar-refractivity contribution is 0.0221. The normalized spacial score (nSPS) is 11.8. The molecule has 0 atom stereocenters. The van der Waals surface area contributed by atoms with Crippen LogP contribution in [0.4, 0.5) is 8.78 Å². The Labute approximate surface area is 86.9 Å². The van der Waals surface area contributed by atoms with Gasteiger partial charge in [0.15, 0.2) is 0 Å². The largest absolute Gasteiger partial charge is 0.307 e. The molecule has 0 aliphatic carbocycles. The first-order valence-corrected chi connectivity index (χ1v) is 5.12. The van der Waals surface area contributed by atoms with Gasteiger partial charge in [0.1, 0.15) is 0 Å². The van der Waals surface area contributed by atoms with Crippen LogP contribution in [0.2, 0.25) is 0 Å². The molecule has 0 amide bonds. The summed E-state index contributed by atoms with van der Waals surface area (Å²) in [5.74, 6) is -4.40. The van der Waals surface area contributed by atoms with Crippen LogP contribution in [0.1, 0.15) is 22.2 Å². The van der Waals surface area contributed by atoms with Gasteiger partial charge in [-0.25, -0.2) is 0 Å². The molecule has 13 heavy (non-hydrogen) atoms. The van der Waals surface area contributed by atoms with E-state index in [2.05, 4.69) is 15.9 Å². The second kappa shape index (κ2) is 3.46. The number of aryl methyl sites for hydroxylation is 1. The third-order valence-corrected chi connectivity index (χ3v) is 3.08. The van der Waals surface area contributed by atoms with Gasteiger partial charge >= 0.3 is 5.92 Å². The van der Waals surface area contributed by atoms with Gasteiger partial charge in [0, 0.05) is 17.4 Å². The highest BCUT2D eigenvalue weighted by molar-refractivity contribution is 9.11. The minimum Gasteiger partial charge on any atom is -0.287 e. The molecule has 0 aromatic carbocycles. The number of thiophene rings is 1. The number of Topliss-reactive ketones (excluding diaryl/α,β-unsaturated/α-hetero) is 1. The van der Waals surface area contributed by atoms with E-state index in [1.54, 1.807) is 6.92 Å². The molecule has 1 rings (SSSR count). The summed E-state index contributed by atoms with van der Waals surface area (Å²) >= 11 is 4.42. The fourth-order valence-electron chi connectivity index (χ4n) is 0.908. The minimum atomic E-state index is -3.29. The van der Waals surface area contributed by atoms with Crippen LogP contribution < -0.4 is 0 Å². The first-order chi connectivity index (χ1) is 5.82. The smallest absolute Gasteiger partial charge is 0.287 e. The van der Waals surface area contributed by atoms with Crippen molar-refractivity contribution in [2.75, 3.05) is 0 Å². The van der Waals surface area contributed by atoms with Crippen LogP contribution in [0.25, 0.3) is 0 Å². The van der Waals surface area contributed by atoms with Gasteiger partial charge in [-0.05, 0) is 28.9 Å². The van der Waals surface area contributed by atoms with Crippen molar-refractivity contribution < 1.29 is 13.6 Å². The number of carbonyl (C=O) groups excluding carboxylic acids is 1. The summed E-state index contributed by atoms with van der Waals surface area (Å²) in [6.07, 6.45) is 0. The molecule has 0 aliphatic heterocycles. The second-order valence-electron chi connectivity index (χ2n) is 2.74. The Bertz CT molecular complexity index is 340. The maximum Gasteiger partial charge on any atom is 0.307 e. The Kier molecular flexibility index (Phi) is 2.87. The van der Waals surface area contributed by atoms with E-state index in [0.717, 1.165) is 0 Å². The van der Waals surface area contributed by atoms with Crippen LogP contribution >= 0.6 is 27.3 Å². The van der Waals surface area contributed by atoms with Crippen molar-refractivity contribution in [2.45, 2.75) is 19.8 Å². The minimum absolute atomic E-state index is 0.101. The molecule has 5 heteroatoms. The zero-order valence-corrected chi connectivity index (χ0v) is 9.43. The van der Waals surface area contributed by atoms with Crippen LogP contribution in [-0.2, 0) is 0 Å². The predicted octanol–water partition coefficient (Wildman–Crippen LogP) is 3.66. The molecule has 0 spiro atoms. The summed E-state index contributed by atoms with van der Waals surface area (Å²) in [7, 11) is 0. The summed E-state index contributed by atoms with van der Waals surface area (Å²) in [4.78, 5) is 11.7. The number of ketones is 1. The van der Waals surface area contributed by atoms with Gasteiger partial charge < -0.3 is 0 Å². The first-order valence-electron chi connectivity index (χ1n) is 3.51. The first kappa shape index (κ1) is 10.8. The van der Waals surface area contributed by atoms with Crippen LogP contribution in [0.5, 0.6) is 0 Å². The molecule has 0 bridgehead atoms. The third kappa shape index (κ3) is 2.34. The summed E-state index contributed by atoms with van der Waals surface area (Å²) < 4.78 is 26.0. The van der Waals surface area contributed by atoms with Gasteiger partial charge in [0.25, 0.3) is 0 Å². The van der Waals surface area contributed by atoms with E-state index in [1.165, 1.54) is 17.4 Å². The fourth-order valence-corrected chi connectivity index (χ4v) is 2.60. The summed E-state index contributed by atoms with van der Waals surface area (Å²) in [6, 6.07) is 1.43. The van der Waals surface area contributed by atoms with Crippen LogP contribution in [0.15, 0.2) is 9.85 Å². The average Bonchev–Trinajstić information content (AvgIpc) is 2.26. The third-order valence-electron chi connectivity index (χ3n) is 1.53. The number of rotatable bonds is 2. The highest BCUT2D eigenvalue weighted by atomic mass is 79.9. The van der Waals surface area contributed by atoms with Crippen LogP contribution in [0, 0.1) is 6.92 Å². The van der Waals surface area contributed by atoms with Gasteiger partial charge in [-0.1, -0.05) is 0 Å². The van der Waals surface area contributed by atoms with Crippen molar-refractivity contribution in [1.82, 2.24) is 0 Å². The van der Waals surface area contributed by atoms with E-state index in [1.807, 2.05) is 0 Å². The van der Waals surface area contributed by atoms with Crippen molar-refractivity contribution in [2.24, 2.45) is 0 Å². The molecule has 0 fully saturated rings. The van der Waals surface area contributed by atoms with Gasteiger partial charge in [-0.3, -0.25) is 4.79 Å². The molecule has 1 aromatic heterocycles. The molecule has 0 N–H and O–H groups in total. The monoisotopic (exact) mass is 268 g/mol. The highest BCUT2D eigenvalue weighted by Gasteiger charge is 2.34. The van der Waals surface area contributed by atoms with Crippen LogP contribution in [0.3, 0.4) is 0 Å². The Hall–Kier alpha value is -0.290. The van der Waals surface area contributed by atoms with Gasteiger partial charge in [0.05, 0.1) is 3.79 Å². The van der Waals surface area contributed by atoms with E-state index in [4.69, 9.17) is 0 Å². The fraction of sp³-hybridized carbons (Fsp3) is 0.375. The molecular formula is C8H7BrF2OS. The highest BCUT2D eigenvalue weighted by Crippen LogP contribution is 2.30. The molecule has 0 radical (unpaired) electrons. The lowest BCUT2D eigenvalue weighted by atomic mass is 10.1. The average molecular weight is 269 g/mol. The van der Waals surface area contributed by atoms with E-state index < -0.39 is 11.7 Å². The number of alkyl halides is 2. The molecule has 0 saturated carbocycles. The lowest BCUT2D eigenvalue weighted by Crippen LogP contribution is -2.24. The van der Waals surface area contributed by atoms with E-state index in [-0.39, 0.29) is 5.56 Å². The zero-order valence-electron chi connectivity index (χ0n) is 7.03. The molecule has 1 nitrogen and oxygen atoms in total. The quantitative estimate of drug-likeness (QED) is 0.749. The molecule has 0 unspecified atom stereocenters. The molecule has 0 aliphatic rings. The van der Waals surface area contributed by atoms with E-state index in [0.29, 0.717) is 15.6 Å². The Morgan fingerprint density at radius 3 is 2.46 bits per heavy atom. The summed E-state index contributed by atoms with van der Waals surface area (Å²) in [5, 5.41) is 0. The van der Waals surface area contributed by atoms with Crippen molar-refractivity contribution in [3.05, 3.63) is 20.3 Å². The lowest BCUT2D eigenvalue weighted by Gasteiger charge is -2.07. The van der Waals surface area contributed by atoms with Gasteiger partial charge in [0.2, 0.25) is 5.78 Å². The number of hydrogen-bond donors (Lipinski definition) is 0. The number of halogens is 3. The van der Waals surface area contributed by atoms with Crippen molar-refractivity contribution in [3.8, 4) is 0 Å². The van der Waals surface area contributed by atoms with Crippen LogP contribution in [-0.4, -0.2) is 11.7 Å². The second-order valence-corrected chi connectivity index (χ2v) is 5.37. The van der Waals surface area contributed by atoms with E-state index in [9.17, 15) is 13.6 Å². The van der Waals surface area contributed by atoms with E-state index >= 15 is 0 Å². The standard InChI is InChI=1S/C8H7BrF2OS/c1-4-5(3-6(9)13-4)7(12)8(2,10)11/h3H,1-2H3. The van der Waals surface area contributed by atoms with Gasteiger partial charge in [-0.15, -0.1) is 11.3 Å². The van der Waals surface area contributed by atoms with Crippen molar-refractivity contribution >= 4 is 33.0 Å². The number of hydrogen-bond acceptors (Lipinski definition) is 2. The maximum atomic E-state index is 12.6.